The van der Waals surface area contributed by atoms with Crippen LogP contribution >= 0.6 is 0 Å². The van der Waals surface area contributed by atoms with Crippen LogP contribution in [-0.4, -0.2) is 35.5 Å². The van der Waals surface area contributed by atoms with Gasteiger partial charge in [-0.25, -0.2) is 19.2 Å². The van der Waals surface area contributed by atoms with Gasteiger partial charge in [-0.2, -0.15) is 0 Å². The van der Waals surface area contributed by atoms with Gasteiger partial charge in [-0.05, 0) is 48.4 Å². The van der Waals surface area contributed by atoms with Crippen molar-refractivity contribution in [2.24, 2.45) is 0 Å². The fourth-order valence-corrected chi connectivity index (χ4v) is 2.57. The van der Waals surface area contributed by atoms with Crippen LogP contribution in [0.2, 0.25) is 0 Å². The Balaban J connectivity index is 1.57. The highest BCUT2D eigenvalue weighted by atomic mass is 19.1. The standard InChI is InChI=1S/C21H19FN4O3/c1-29-21(28)15-4-8-17(9-5-15)26-20(27)18-12-19(25-13-24-18)23-11-10-14-2-6-16(22)7-3-14/h2-9,12-13H,10-11H2,1H3,(H,26,27)(H,23,24,25). The largest absolute Gasteiger partial charge is 0.465 e. The molecule has 1 heterocycles. The summed E-state index contributed by atoms with van der Waals surface area (Å²) in [6.45, 7) is 0.568. The number of nitrogens with one attached hydrogen (secondary N) is 2. The molecule has 0 saturated carbocycles. The predicted octanol–water partition coefficient (Wildman–Crippen LogP) is 3.31. The zero-order chi connectivity index (χ0) is 20.6. The van der Waals surface area contributed by atoms with Crippen molar-refractivity contribution in [1.82, 2.24) is 9.97 Å². The first-order valence-corrected chi connectivity index (χ1v) is 8.85. The molecule has 148 valence electrons. The normalized spacial score (nSPS) is 10.3. The first-order valence-electron chi connectivity index (χ1n) is 8.85. The number of rotatable bonds is 7. The van der Waals surface area contributed by atoms with Gasteiger partial charge in [0.2, 0.25) is 0 Å². The summed E-state index contributed by atoms with van der Waals surface area (Å²) in [4.78, 5) is 32.0. The SMILES string of the molecule is COC(=O)c1ccc(NC(=O)c2cc(NCCc3ccc(F)cc3)ncn2)cc1. The van der Waals surface area contributed by atoms with Crippen LogP contribution < -0.4 is 10.6 Å². The monoisotopic (exact) mass is 394 g/mol. The smallest absolute Gasteiger partial charge is 0.337 e. The van der Waals surface area contributed by atoms with Gasteiger partial charge in [0, 0.05) is 18.3 Å². The zero-order valence-corrected chi connectivity index (χ0v) is 15.7. The van der Waals surface area contributed by atoms with Crippen molar-refractivity contribution < 1.29 is 18.7 Å². The summed E-state index contributed by atoms with van der Waals surface area (Å²) in [5.41, 5.74) is 2.09. The van der Waals surface area contributed by atoms with Crippen LogP contribution in [0.4, 0.5) is 15.9 Å². The second-order valence-corrected chi connectivity index (χ2v) is 6.11. The second kappa shape index (κ2) is 9.41. The Bertz CT molecular complexity index is 992. The van der Waals surface area contributed by atoms with Crippen molar-refractivity contribution in [2.75, 3.05) is 24.3 Å². The molecule has 0 aliphatic carbocycles. The lowest BCUT2D eigenvalue weighted by Gasteiger charge is -2.08. The van der Waals surface area contributed by atoms with Crippen LogP contribution in [0.15, 0.2) is 60.9 Å². The summed E-state index contributed by atoms with van der Waals surface area (Å²) in [7, 11) is 1.30. The number of anilines is 2. The molecule has 2 aromatic carbocycles. The van der Waals surface area contributed by atoms with E-state index in [-0.39, 0.29) is 11.5 Å². The molecule has 0 saturated heterocycles. The third-order valence-electron chi connectivity index (χ3n) is 4.10. The Morgan fingerprint density at radius 1 is 1.03 bits per heavy atom. The predicted molar refractivity (Wildman–Crippen MR) is 106 cm³/mol. The highest BCUT2D eigenvalue weighted by molar-refractivity contribution is 6.03. The van der Waals surface area contributed by atoms with E-state index in [1.807, 2.05) is 0 Å². The van der Waals surface area contributed by atoms with Crippen molar-refractivity contribution in [3.05, 3.63) is 83.6 Å². The van der Waals surface area contributed by atoms with Crippen molar-refractivity contribution in [2.45, 2.75) is 6.42 Å². The maximum absolute atomic E-state index is 12.9. The molecule has 0 unspecified atom stereocenters. The maximum atomic E-state index is 12.9. The number of carbonyl (C=O) groups is 2. The molecular formula is C21H19FN4O3. The fraction of sp³-hybridized carbons (Fsp3) is 0.143. The van der Waals surface area contributed by atoms with E-state index in [0.29, 0.717) is 30.0 Å². The third kappa shape index (κ3) is 5.58. The number of amides is 1. The minimum Gasteiger partial charge on any atom is -0.465 e. The number of hydrogen-bond acceptors (Lipinski definition) is 6. The van der Waals surface area contributed by atoms with Gasteiger partial charge in [-0.3, -0.25) is 4.79 Å². The summed E-state index contributed by atoms with van der Waals surface area (Å²) < 4.78 is 17.6. The van der Waals surface area contributed by atoms with E-state index >= 15 is 0 Å². The molecule has 0 spiro atoms. The van der Waals surface area contributed by atoms with E-state index in [2.05, 4.69) is 25.3 Å². The molecule has 1 aromatic heterocycles. The van der Waals surface area contributed by atoms with E-state index in [1.54, 1.807) is 42.5 Å². The Hall–Kier alpha value is -3.81. The number of esters is 1. The second-order valence-electron chi connectivity index (χ2n) is 6.11. The summed E-state index contributed by atoms with van der Waals surface area (Å²) in [5, 5.41) is 5.83. The van der Waals surface area contributed by atoms with E-state index in [0.717, 1.165) is 5.56 Å². The third-order valence-corrected chi connectivity index (χ3v) is 4.10. The molecule has 0 bridgehead atoms. The molecule has 0 aliphatic heterocycles. The first kappa shape index (κ1) is 19.9. The summed E-state index contributed by atoms with van der Waals surface area (Å²) in [5.74, 6) is -0.615. The van der Waals surface area contributed by atoms with Crippen LogP contribution in [0.3, 0.4) is 0 Å². The van der Waals surface area contributed by atoms with Crippen molar-refractivity contribution in [3.63, 3.8) is 0 Å². The lowest BCUT2D eigenvalue weighted by Crippen LogP contribution is -2.15. The molecular weight excluding hydrogens is 375 g/mol. The summed E-state index contributed by atoms with van der Waals surface area (Å²) in [6.07, 6.45) is 1.98. The Morgan fingerprint density at radius 2 is 1.76 bits per heavy atom. The molecule has 0 atom stereocenters. The number of halogens is 1. The molecule has 3 aromatic rings. The van der Waals surface area contributed by atoms with Crippen molar-refractivity contribution in [3.8, 4) is 0 Å². The highest BCUT2D eigenvalue weighted by Crippen LogP contribution is 2.13. The lowest BCUT2D eigenvalue weighted by atomic mass is 10.1. The average molecular weight is 394 g/mol. The quantitative estimate of drug-likeness (QED) is 0.597. The molecule has 7 nitrogen and oxygen atoms in total. The van der Waals surface area contributed by atoms with Crippen LogP contribution in [-0.2, 0) is 11.2 Å². The molecule has 3 rings (SSSR count). The Morgan fingerprint density at radius 3 is 2.45 bits per heavy atom. The number of aromatic nitrogens is 2. The number of ether oxygens (including phenoxy) is 1. The summed E-state index contributed by atoms with van der Waals surface area (Å²) in [6, 6.07) is 14.2. The molecule has 8 heteroatoms. The average Bonchev–Trinajstić information content (AvgIpc) is 2.75. The molecule has 2 N–H and O–H groups in total. The van der Waals surface area contributed by atoms with Crippen LogP contribution in [0.5, 0.6) is 0 Å². The first-order chi connectivity index (χ1) is 14.0. The van der Waals surface area contributed by atoms with E-state index in [1.165, 1.54) is 25.6 Å². The minimum atomic E-state index is -0.449. The van der Waals surface area contributed by atoms with Gasteiger partial charge in [-0.1, -0.05) is 12.1 Å². The van der Waals surface area contributed by atoms with Gasteiger partial charge in [0.15, 0.2) is 0 Å². The van der Waals surface area contributed by atoms with E-state index < -0.39 is 11.9 Å². The van der Waals surface area contributed by atoms with Crippen molar-refractivity contribution >= 4 is 23.4 Å². The van der Waals surface area contributed by atoms with Crippen molar-refractivity contribution in [1.29, 1.82) is 0 Å². The van der Waals surface area contributed by atoms with Gasteiger partial charge >= 0.3 is 5.97 Å². The van der Waals surface area contributed by atoms with Crippen LogP contribution in [0.1, 0.15) is 26.4 Å². The highest BCUT2D eigenvalue weighted by Gasteiger charge is 2.10. The summed E-state index contributed by atoms with van der Waals surface area (Å²) >= 11 is 0. The number of nitrogens with zero attached hydrogens (tertiary/aromatic N) is 2. The van der Waals surface area contributed by atoms with Gasteiger partial charge in [-0.15, -0.1) is 0 Å². The molecule has 0 fully saturated rings. The number of methoxy groups -OCH3 is 1. The molecule has 0 radical (unpaired) electrons. The van der Waals surface area contributed by atoms with Crippen LogP contribution in [0.25, 0.3) is 0 Å². The molecule has 1 amide bonds. The van der Waals surface area contributed by atoms with E-state index in [9.17, 15) is 14.0 Å². The van der Waals surface area contributed by atoms with Gasteiger partial charge in [0.25, 0.3) is 5.91 Å². The van der Waals surface area contributed by atoms with Gasteiger partial charge in [0.1, 0.15) is 23.7 Å². The van der Waals surface area contributed by atoms with E-state index in [4.69, 9.17) is 0 Å². The number of hydrogen-bond donors (Lipinski definition) is 2. The van der Waals surface area contributed by atoms with Gasteiger partial charge in [0.05, 0.1) is 12.7 Å². The van der Waals surface area contributed by atoms with Gasteiger partial charge < -0.3 is 15.4 Å². The fourth-order valence-electron chi connectivity index (χ4n) is 2.57. The van der Waals surface area contributed by atoms with Crippen LogP contribution in [0, 0.1) is 5.82 Å². The topological polar surface area (TPSA) is 93.2 Å². The zero-order valence-electron chi connectivity index (χ0n) is 15.7. The number of carbonyl (C=O) groups excluding carboxylic acids is 2. The maximum Gasteiger partial charge on any atom is 0.337 e. The number of benzene rings is 2. The molecule has 0 aliphatic rings. The lowest BCUT2D eigenvalue weighted by molar-refractivity contribution is 0.0600. The Labute approximate surface area is 167 Å². The Kier molecular flexibility index (Phi) is 6.47. The minimum absolute atomic E-state index is 0.196. The molecule has 29 heavy (non-hydrogen) atoms.